The van der Waals surface area contributed by atoms with Crippen molar-refractivity contribution in [3.8, 4) is 0 Å². The molecule has 0 aliphatic rings. The van der Waals surface area contributed by atoms with E-state index in [1.54, 1.807) is 12.1 Å². The average Bonchev–Trinajstić information content (AvgIpc) is 2.46. The predicted molar refractivity (Wildman–Crippen MR) is 80.9 cm³/mol. The van der Waals surface area contributed by atoms with Crippen LogP contribution in [0.15, 0.2) is 48.5 Å². The smallest absolute Gasteiger partial charge is 0.126 e. The van der Waals surface area contributed by atoms with Crippen LogP contribution in [0.3, 0.4) is 0 Å². The van der Waals surface area contributed by atoms with E-state index in [0.717, 1.165) is 11.3 Å². The van der Waals surface area contributed by atoms with E-state index in [2.05, 4.69) is 5.43 Å². The second kappa shape index (κ2) is 6.50. The van der Waals surface area contributed by atoms with Gasteiger partial charge in [-0.05, 0) is 35.7 Å². The summed E-state index contributed by atoms with van der Waals surface area (Å²) in [5, 5.41) is 0. The molecule has 106 valence electrons. The molecule has 20 heavy (non-hydrogen) atoms. The molecule has 2 aromatic rings. The van der Waals surface area contributed by atoms with Gasteiger partial charge in [-0.1, -0.05) is 30.3 Å². The third-order valence-electron chi connectivity index (χ3n) is 3.39. The van der Waals surface area contributed by atoms with Gasteiger partial charge in [0.15, 0.2) is 0 Å². The molecule has 0 aliphatic heterocycles. The van der Waals surface area contributed by atoms with Gasteiger partial charge in [0, 0.05) is 19.8 Å². The molecule has 2 aromatic carbocycles. The fraction of sp³-hybridized carbons (Fsp3) is 0.250. The van der Waals surface area contributed by atoms with E-state index in [9.17, 15) is 4.39 Å². The van der Waals surface area contributed by atoms with Crippen molar-refractivity contribution in [1.82, 2.24) is 5.43 Å². The molecular formula is C16H20FN3. The lowest BCUT2D eigenvalue weighted by Gasteiger charge is -2.19. The van der Waals surface area contributed by atoms with Crippen molar-refractivity contribution in [1.29, 1.82) is 0 Å². The average molecular weight is 273 g/mol. The molecule has 0 bridgehead atoms. The van der Waals surface area contributed by atoms with Crippen LogP contribution >= 0.6 is 0 Å². The van der Waals surface area contributed by atoms with E-state index in [0.29, 0.717) is 12.0 Å². The molecule has 0 spiro atoms. The van der Waals surface area contributed by atoms with Gasteiger partial charge in [-0.15, -0.1) is 0 Å². The SMILES string of the molecule is CN(C)c1ccc(C(Cc2ccccc2F)NN)cc1. The van der Waals surface area contributed by atoms with E-state index >= 15 is 0 Å². The molecule has 0 aliphatic carbocycles. The molecule has 1 atom stereocenters. The highest BCUT2D eigenvalue weighted by molar-refractivity contribution is 5.46. The quantitative estimate of drug-likeness (QED) is 0.650. The summed E-state index contributed by atoms with van der Waals surface area (Å²) < 4.78 is 13.7. The van der Waals surface area contributed by atoms with Gasteiger partial charge in [0.25, 0.3) is 0 Å². The Morgan fingerprint density at radius 3 is 2.30 bits per heavy atom. The highest BCUT2D eigenvalue weighted by Gasteiger charge is 2.13. The summed E-state index contributed by atoms with van der Waals surface area (Å²) in [5.74, 6) is 5.42. The first-order valence-electron chi connectivity index (χ1n) is 6.58. The number of nitrogens with one attached hydrogen (secondary N) is 1. The normalized spacial score (nSPS) is 12.2. The number of hydrogen-bond acceptors (Lipinski definition) is 3. The summed E-state index contributed by atoms with van der Waals surface area (Å²) in [4.78, 5) is 2.03. The number of hydrogen-bond donors (Lipinski definition) is 2. The van der Waals surface area contributed by atoms with Crippen LogP contribution in [0.25, 0.3) is 0 Å². The van der Waals surface area contributed by atoms with E-state index in [1.165, 1.54) is 6.07 Å². The Labute approximate surface area is 119 Å². The van der Waals surface area contributed by atoms with Crippen molar-refractivity contribution in [3.63, 3.8) is 0 Å². The Balaban J connectivity index is 2.18. The third kappa shape index (κ3) is 3.35. The Bertz CT molecular complexity index is 552. The van der Waals surface area contributed by atoms with E-state index in [1.807, 2.05) is 49.3 Å². The fourth-order valence-electron chi connectivity index (χ4n) is 2.16. The largest absolute Gasteiger partial charge is 0.378 e. The summed E-state index contributed by atoms with van der Waals surface area (Å²) in [6.45, 7) is 0. The highest BCUT2D eigenvalue weighted by atomic mass is 19.1. The van der Waals surface area contributed by atoms with Crippen molar-refractivity contribution in [3.05, 3.63) is 65.5 Å². The van der Waals surface area contributed by atoms with Crippen molar-refractivity contribution >= 4 is 5.69 Å². The molecule has 0 amide bonds. The first-order valence-corrected chi connectivity index (χ1v) is 6.58. The van der Waals surface area contributed by atoms with Crippen LogP contribution in [0.5, 0.6) is 0 Å². The molecule has 0 aromatic heterocycles. The van der Waals surface area contributed by atoms with Crippen molar-refractivity contribution in [2.24, 2.45) is 5.84 Å². The molecule has 0 fully saturated rings. The molecule has 3 nitrogen and oxygen atoms in total. The summed E-state index contributed by atoms with van der Waals surface area (Å²) in [6, 6.07) is 14.8. The van der Waals surface area contributed by atoms with Crippen LogP contribution in [-0.4, -0.2) is 14.1 Å². The molecule has 0 radical (unpaired) electrons. The van der Waals surface area contributed by atoms with Crippen LogP contribution in [-0.2, 0) is 6.42 Å². The summed E-state index contributed by atoms with van der Waals surface area (Å²) in [6.07, 6.45) is 0.518. The number of nitrogens with two attached hydrogens (primary N) is 1. The van der Waals surface area contributed by atoms with Gasteiger partial charge in [-0.25, -0.2) is 4.39 Å². The Hall–Kier alpha value is -1.91. The maximum Gasteiger partial charge on any atom is 0.126 e. The van der Waals surface area contributed by atoms with E-state index in [-0.39, 0.29) is 11.9 Å². The zero-order valence-electron chi connectivity index (χ0n) is 11.8. The van der Waals surface area contributed by atoms with E-state index in [4.69, 9.17) is 5.84 Å². The second-order valence-corrected chi connectivity index (χ2v) is 5.00. The minimum atomic E-state index is -0.197. The van der Waals surface area contributed by atoms with Crippen molar-refractivity contribution < 1.29 is 4.39 Å². The number of benzene rings is 2. The molecule has 4 heteroatoms. The van der Waals surface area contributed by atoms with Gasteiger partial charge in [0.1, 0.15) is 5.82 Å². The molecule has 2 rings (SSSR count). The highest BCUT2D eigenvalue weighted by Crippen LogP contribution is 2.22. The lowest BCUT2D eigenvalue weighted by Crippen LogP contribution is -2.29. The number of anilines is 1. The minimum absolute atomic E-state index is 0.108. The minimum Gasteiger partial charge on any atom is -0.378 e. The maximum atomic E-state index is 13.7. The molecule has 0 heterocycles. The Morgan fingerprint density at radius 1 is 1.10 bits per heavy atom. The molecule has 0 saturated carbocycles. The second-order valence-electron chi connectivity index (χ2n) is 5.00. The predicted octanol–water partition coefficient (Wildman–Crippen LogP) is 2.64. The zero-order valence-corrected chi connectivity index (χ0v) is 11.8. The van der Waals surface area contributed by atoms with Gasteiger partial charge in [-0.2, -0.15) is 0 Å². The lowest BCUT2D eigenvalue weighted by molar-refractivity contribution is 0.529. The number of halogens is 1. The zero-order chi connectivity index (χ0) is 14.5. The molecular weight excluding hydrogens is 253 g/mol. The van der Waals surface area contributed by atoms with Crippen molar-refractivity contribution in [2.75, 3.05) is 19.0 Å². The molecule has 1 unspecified atom stereocenters. The standard InChI is InChI=1S/C16H20FN3/c1-20(2)14-9-7-12(8-10-14)16(19-18)11-13-5-3-4-6-15(13)17/h3-10,16,19H,11,18H2,1-2H3. The van der Waals surface area contributed by atoms with Crippen LogP contribution < -0.4 is 16.2 Å². The monoisotopic (exact) mass is 273 g/mol. The Morgan fingerprint density at radius 2 is 1.75 bits per heavy atom. The first kappa shape index (κ1) is 14.5. The Kier molecular flexibility index (Phi) is 4.71. The topological polar surface area (TPSA) is 41.3 Å². The third-order valence-corrected chi connectivity index (χ3v) is 3.39. The molecule has 3 N–H and O–H groups in total. The van der Waals surface area contributed by atoms with E-state index < -0.39 is 0 Å². The van der Waals surface area contributed by atoms with Crippen LogP contribution in [0.4, 0.5) is 10.1 Å². The molecule has 0 saturated heterocycles. The number of hydrazine groups is 1. The first-order chi connectivity index (χ1) is 9.61. The van der Waals surface area contributed by atoms with Gasteiger partial charge < -0.3 is 4.90 Å². The van der Waals surface area contributed by atoms with Crippen LogP contribution in [0.1, 0.15) is 17.2 Å². The van der Waals surface area contributed by atoms with Gasteiger partial charge in [0.2, 0.25) is 0 Å². The van der Waals surface area contributed by atoms with Gasteiger partial charge in [-0.3, -0.25) is 11.3 Å². The van der Waals surface area contributed by atoms with Crippen LogP contribution in [0, 0.1) is 5.82 Å². The maximum absolute atomic E-state index is 13.7. The van der Waals surface area contributed by atoms with Gasteiger partial charge >= 0.3 is 0 Å². The summed E-state index contributed by atoms with van der Waals surface area (Å²) >= 11 is 0. The van der Waals surface area contributed by atoms with Crippen LogP contribution in [0.2, 0.25) is 0 Å². The number of nitrogens with zero attached hydrogens (tertiary/aromatic N) is 1. The van der Waals surface area contributed by atoms with Gasteiger partial charge in [0.05, 0.1) is 6.04 Å². The lowest BCUT2D eigenvalue weighted by atomic mass is 9.99. The van der Waals surface area contributed by atoms with Crippen molar-refractivity contribution in [2.45, 2.75) is 12.5 Å². The summed E-state index contributed by atoms with van der Waals surface area (Å²) in [7, 11) is 3.99. The number of rotatable bonds is 5. The summed E-state index contributed by atoms with van der Waals surface area (Å²) in [5.41, 5.74) is 5.59. The fourth-order valence-corrected chi connectivity index (χ4v) is 2.16.